The molecule has 2 fully saturated rings. The average Bonchev–Trinajstić information content (AvgIpc) is 2.72. The number of likely N-dealkylation sites (tertiary alicyclic amines) is 1. The molecule has 2 aliphatic rings. The molecule has 1 aliphatic carbocycles. The minimum absolute atomic E-state index is 0.0220. The molecule has 1 saturated heterocycles. The topological polar surface area (TPSA) is 40.5 Å². The van der Waals surface area contributed by atoms with Crippen LogP contribution in [0.25, 0.3) is 0 Å². The maximum absolute atomic E-state index is 10.7. The van der Waals surface area contributed by atoms with E-state index in [1.807, 2.05) is 0 Å². The normalized spacial score (nSPS) is 33.6. The lowest BCUT2D eigenvalue weighted by Crippen LogP contribution is -2.32. The first-order chi connectivity index (χ1) is 5.64. The van der Waals surface area contributed by atoms with Crippen LogP contribution in [0.1, 0.15) is 19.3 Å². The molecule has 1 heterocycles. The van der Waals surface area contributed by atoms with Gasteiger partial charge in [0.05, 0.1) is 5.92 Å². The van der Waals surface area contributed by atoms with Crippen LogP contribution in [-0.2, 0) is 4.79 Å². The maximum Gasteiger partial charge on any atom is 0.307 e. The zero-order valence-corrected chi connectivity index (χ0v) is 7.42. The van der Waals surface area contributed by atoms with Gasteiger partial charge in [0.25, 0.3) is 0 Å². The summed E-state index contributed by atoms with van der Waals surface area (Å²) < 4.78 is 0. The van der Waals surface area contributed by atoms with Crippen molar-refractivity contribution in [2.75, 3.05) is 20.1 Å². The van der Waals surface area contributed by atoms with Gasteiger partial charge in [-0.15, -0.1) is 0 Å². The summed E-state index contributed by atoms with van der Waals surface area (Å²) in [6.07, 6.45) is 3.09. The number of carbonyl (C=O) groups is 1. The van der Waals surface area contributed by atoms with Gasteiger partial charge in [-0.3, -0.25) is 4.79 Å². The van der Waals surface area contributed by atoms with Crippen LogP contribution < -0.4 is 0 Å². The van der Waals surface area contributed by atoms with Gasteiger partial charge in [0.1, 0.15) is 0 Å². The zero-order chi connectivity index (χ0) is 8.77. The van der Waals surface area contributed by atoms with E-state index in [4.69, 9.17) is 5.11 Å². The van der Waals surface area contributed by atoms with Gasteiger partial charge in [-0.05, 0) is 44.8 Å². The number of hydrogen-bond acceptors (Lipinski definition) is 2. The van der Waals surface area contributed by atoms with Gasteiger partial charge in [0.15, 0.2) is 0 Å². The van der Waals surface area contributed by atoms with Crippen LogP contribution in [0.5, 0.6) is 0 Å². The summed E-state index contributed by atoms with van der Waals surface area (Å²) in [6.45, 7) is 2.15. The van der Waals surface area contributed by atoms with E-state index < -0.39 is 5.97 Å². The molecule has 2 rings (SSSR count). The number of nitrogens with zero attached hydrogens (tertiary/aromatic N) is 1. The summed E-state index contributed by atoms with van der Waals surface area (Å²) >= 11 is 0. The molecule has 3 heteroatoms. The third-order valence-corrected chi connectivity index (χ3v) is 3.47. The van der Waals surface area contributed by atoms with Crippen molar-refractivity contribution in [2.45, 2.75) is 19.3 Å². The van der Waals surface area contributed by atoms with E-state index in [1.54, 1.807) is 0 Å². The van der Waals surface area contributed by atoms with E-state index in [1.165, 1.54) is 0 Å². The Morgan fingerprint density at radius 1 is 1.50 bits per heavy atom. The molecule has 1 aliphatic heterocycles. The lowest BCUT2D eigenvalue weighted by molar-refractivity contribution is -0.139. The lowest BCUT2D eigenvalue weighted by Gasteiger charge is -2.29. The first kappa shape index (κ1) is 8.05. The number of rotatable bonds is 1. The van der Waals surface area contributed by atoms with E-state index >= 15 is 0 Å². The largest absolute Gasteiger partial charge is 0.481 e. The summed E-state index contributed by atoms with van der Waals surface area (Å²) in [5.74, 6) is -0.606. The van der Waals surface area contributed by atoms with E-state index in [0.29, 0.717) is 0 Å². The van der Waals surface area contributed by atoms with Crippen molar-refractivity contribution in [3.8, 4) is 0 Å². The van der Waals surface area contributed by atoms with Crippen molar-refractivity contribution in [1.82, 2.24) is 4.90 Å². The van der Waals surface area contributed by atoms with Gasteiger partial charge in [-0.25, -0.2) is 0 Å². The highest BCUT2D eigenvalue weighted by molar-refractivity contribution is 5.74. The molecule has 1 spiro atoms. The SMILES string of the molecule is CN1CCC2(CC1)C[C@@H]2C(=O)O. The highest BCUT2D eigenvalue weighted by atomic mass is 16.4. The van der Waals surface area contributed by atoms with Crippen LogP contribution in [0.15, 0.2) is 0 Å². The average molecular weight is 169 g/mol. The molecule has 0 aromatic rings. The monoisotopic (exact) mass is 169 g/mol. The van der Waals surface area contributed by atoms with Gasteiger partial charge in [0.2, 0.25) is 0 Å². The fourth-order valence-electron chi connectivity index (χ4n) is 2.31. The third kappa shape index (κ3) is 1.12. The number of carboxylic acid groups (broad SMARTS) is 1. The van der Waals surface area contributed by atoms with Crippen LogP contribution >= 0.6 is 0 Å². The summed E-state index contributed by atoms with van der Waals surface area (Å²) in [7, 11) is 2.10. The van der Waals surface area contributed by atoms with Gasteiger partial charge >= 0.3 is 5.97 Å². The lowest BCUT2D eigenvalue weighted by atomic mass is 9.91. The summed E-state index contributed by atoms with van der Waals surface area (Å²) in [5, 5.41) is 8.82. The Morgan fingerprint density at radius 3 is 2.50 bits per heavy atom. The smallest absolute Gasteiger partial charge is 0.307 e. The van der Waals surface area contributed by atoms with Crippen LogP contribution in [0, 0.1) is 11.3 Å². The molecule has 1 N–H and O–H groups in total. The first-order valence-corrected chi connectivity index (χ1v) is 4.55. The third-order valence-electron chi connectivity index (χ3n) is 3.47. The van der Waals surface area contributed by atoms with Crippen molar-refractivity contribution in [1.29, 1.82) is 0 Å². The Hall–Kier alpha value is -0.570. The van der Waals surface area contributed by atoms with Crippen molar-refractivity contribution < 1.29 is 9.90 Å². The summed E-state index contributed by atoms with van der Waals surface area (Å²) in [6, 6.07) is 0. The second kappa shape index (κ2) is 2.46. The number of hydrogen-bond donors (Lipinski definition) is 1. The van der Waals surface area contributed by atoms with Crippen LogP contribution in [0.2, 0.25) is 0 Å². The Bertz CT molecular complexity index is 207. The maximum atomic E-state index is 10.7. The van der Waals surface area contributed by atoms with Gasteiger partial charge < -0.3 is 10.0 Å². The molecular weight excluding hydrogens is 154 g/mol. The minimum atomic E-state index is -0.584. The van der Waals surface area contributed by atoms with Crippen molar-refractivity contribution in [2.24, 2.45) is 11.3 Å². The first-order valence-electron chi connectivity index (χ1n) is 4.55. The van der Waals surface area contributed by atoms with Crippen molar-refractivity contribution >= 4 is 5.97 Å². The second-order valence-corrected chi connectivity index (χ2v) is 4.26. The molecule has 0 aromatic heterocycles. The molecular formula is C9H15NO2. The predicted molar refractivity (Wildman–Crippen MR) is 44.9 cm³/mol. The molecule has 0 unspecified atom stereocenters. The Kier molecular flexibility index (Phi) is 1.65. The molecule has 0 amide bonds. The van der Waals surface area contributed by atoms with E-state index in [9.17, 15) is 4.79 Å². The fourth-order valence-corrected chi connectivity index (χ4v) is 2.31. The molecule has 0 aromatic carbocycles. The molecule has 1 saturated carbocycles. The summed E-state index contributed by atoms with van der Waals surface area (Å²) in [4.78, 5) is 13.0. The van der Waals surface area contributed by atoms with Crippen molar-refractivity contribution in [3.05, 3.63) is 0 Å². The standard InChI is InChI=1S/C9H15NO2/c1-10-4-2-9(3-5-10)6-7(9)8(11)12/h7H,2-6H2,1H3,(H,11,12)/t7-/m1/s1. The molecule has 0 radical (unpaired) electrons. The van der Waals surface area contributed by atoms with Crippen LogP contribution in [-0.4, -0.2) is 36.1 Å². The Labute approximate surface area is 72.4 Å². The zero-order valence-electron chi connectivity index (χ0n) is 7.42. The van der Waals surface area contributed by atoms with E-state index in [0.717, 1.165) is 32.4 Å². The Balaban J connectivity index is 1.95. The highest BCUT2D eigenvalue weighted by Crippen LogP contribution is 2.59. The van der Waals surface area contributed by atoms with Gasteiger partial charge in [0, 0.05) is 0 Å². The minimum Gasteiger partial charge on any atom is -0.481 e. The number of carboxylic acids is 1. The van der Waals surface area contributed by atoms with E-state index in [2.05, 4.69) is 11.9 Å². The second-order valence-electron chi connectivity index (χ2n) is 4.26. The highest BCUT2D eigenvalue weighted by Gasteiger charge is 2.58. The van der Waals surface area contributed by atoms with Crippen molar-refractivity contribution in [3.63, 3.8) is 0 Å². The van der Waals surface area contributed by atoms with Crippen LogP contribution in [0.3, 0.4) is 0 Å². The van der Waals surface area contributed by atoms with Gasteiger partial charge in [-0.2, -0.15) is 0 Å². The molecule has 1 atom stereocenters. The van der Waals surface area contributed by atoms with Gasteiger partial charge in [-0.1, -0.05) is 0 Å². The molecule has 68 valence electrons. The quantitative estimate of drug-likeness (QED) is 0.631. The molecule has 12 heavy (non-hydrogen) atoms. The summed E-state index contributed by atoms with van der Waals surface area (Å²) in [5.41, 5.74) is 0.207. The Morgan fingerprint density at radius 2 is 2.08 bits per heavy atom. The molecule has 0 bridgehead atoms. The van der Waals surface area contributed by atoms with Crippen LogP contribution in [0.4, 0.5) is 0 Å². The van der Waals surface area contributed by atoms with E-state index in [-0.39, 0.29) is 11.3 Å². The number of aliphatic carboxylic acids is 1. The number of piperidine rings is 1. The molecule has 3 nitrogen and oxygen atoms in total. The predicted octanol–water partition coefficient (Wildman–Crippen LogP) is 0.803. The fraction of sp³-hybridized carbons (Fsp3) is 0.889.